The first-order valence-electron chi connectivity index (χ1n) is 8.35. The highest BCUT2D eigenvalue weighted by Gasteiger charge is 2.16. The maximum atomic E-state index is 12.1. The molecule has 0 heterocycles. The van der Waals surface area contributed by atoms with Gasteiger partial charge in [0, 0.05) is 5.69 Å². The zero-order valence-electron chi connectivity index (χ0n) is 14.8. The summed E-state index contributed by atoms with van der Waals surface area (Å²) in [5.41, 5.74) is 2.29. The predicted octanol–water partition coefficient (Wildman–Crippen LogP) is 2.64. The van der Waals surface area contributed by atoms with Crippen LogP contribution in [0.4, 0.5) is 5.69 Å². The molecule has 0 radical (unpaired) electrons. The molecule has 2 aromatic rings. The van der Waals surface area contributed by atoms with Crippen LogP contribution in [-0.2, 0) is 16.0 Å². The van der Waals surface area contributed by atoms with Crippen molar-refractivity contribution in [3.63, 3.8) is 0 Å². The number of hydrogen-bond donors (Lipinski definition) is 2. The van der Waals surface area contributed by atoms with Gasteiger partial charge in [-0.2, -0.15) is 5.26 Å². The van der Waals surface area contributed by atoms with Crippen LogP contribution in [0.1, 0.15) is 25.0 Å². The zero-order chi connectivity index (χ0) is 18.9. The van der Waals surface area contributed by atoms with E-state index < -0.39 is 12.0 Å². The lowest BCUT2D eigenvalue weighted by molar-refractivity contribution is -0.129. The number of para-hydroxylation sites is 1. The number of anilines is 1. The van der Waals surface area contributed by atoms with Crippen molar-refractivity contribution in [2.45, 2.75) is 26.4 Å². The van der Waals surface area contributed by atoms with Crippen LogP contribution in [0.5, 0.6) is 5.75 Å². The molecule has 0 aliphatic heterocycles. The minimum absolute atomic E-state index is 0.141. The van der Waals surface area contributed by atoms with Crippen LogP contribution in [0.2, 0.25) is 0 Å². The number of benzene rings is 2. The van der Waals surface area contributed by atoms with Crippen LogP contribution >= 0.6 is 0 Å². The minimum atomic E-state index is -0.765. The van der Waals surface area contributed by atoms with Crippen LogP contribution in [0.25, 0.3) is 0 Å². The molecular weight excluding hydrogens is 330 g/mol. The van der Waals surface area contributed by atoms with E-state index in [9.17, 15) is 9.59 Å². The molecule has 2 N–H and O–H groups in total. The Morgan fingerprint density at radius 3 is 2.50 bits per heavy atom. The molecule has 0 saturated heterocycles. The smallest absolute Gasteiger partial charge is 0.261 e. The number of rotatable bonds is 7. The van der Waals surface area contributed by atoms with E-state index in [1.165, 1.54) is 0 Å². The van der Waals surface area contributed by atoms with Crippen molar-refractivity contribution in [3.05, 3.63) is 59.7 Å². The number of nitrogens with one attached hydrogen (secondary N) is 2. The quantitative estimate of drug-likeness (QED) is 0.802. The standard InChI is InChI=1S/C20H21N3O3/c1-3-16-6-4-5-7-18(16)23-19(24)13-22-20(25)14(2)26-17-10-8-15(12-21)9-11-17/h4-11,14H,3,13H2,1-2H3,(H,22,25)(H,23,24). The highest BCUT2D eigenvalue weighted by atomic mass is 16.5. The molecule has 0 fully saturated rings. The number of nitrogens with zero attached hydrogens (tertiary/aromatic N) is 1. The van der Waals surface area contributed by atoms with Gasteiger partial charge in [0.05, 0.1) is 18.2 Å². The van der Waals surface area contributed by atoms with Crippen molar-refractivity contribution in [2.75, 3.05) is 11.9 Å². The number of aryl methyl sites for hydroxylation is 1. The highest BCUT2D eigenvalue weighted by Crippen LogP contribution is 2.15. The Balaban J connectivity index is 1.83. The van der Waals surface area contributed by atoms with Crippen molar-refractivity contribution in [1.29, 1.82) is 5.26 Å². The van der Waals surface area contributed by atoms with Crippen molar-refractivity contribution >= 4 is 17.5 Å². The van der Waals surface area contributed by atoms with Gasteiger partial charge in [-0.15, -0.1) is 0 Å². The lowest BCUT2D eigenvalue weighted by Gasteiger charge is -2.15. The van der Waals surface area contributed by atoms with Gasteiger partial charge in [0.25, 0.3) is 5.91 Å². The topological polar surface area (TPSA) is 91.2 Å². The first-order chi connectivity index (χ1) is 12.5. The highest BCUT2D eigenvalue weighted by molar-refractivity contribution is 5.95. The summed E-state index contributed by atoms with van der Waals surface area (Å²) in [5.74, 6) is -0.217. The first-order valence-corrected chi connectivity index (χ1v) is 8.35. The lowest BCUT2D eigenvalue weighted by atomic mass is 10.1. The molecule has 6 heteroatoms. The molecule has 0 aliphatic rings. The van der Waals surface area contributed by atoms with Crippen molar-refractivity contribution in [3.8, 4) is 11.8 Å². The van der Waals surface area contributed by atoms with Crippen LogP contribution in [0.3, 0.4) is 0 Å². The number of hydrogen-bond acceptors (Lipinski definition) is 4. The van der Waals surface area contributed by atoms with Gasteiger partial charge in [0.1, 0.15) is 5.75 Å². The molecule has 2 rings (SSSR count). The first kappa shape index (κ1) is 19.0. The summed E-state index contributed by atoms with van der Waals surface area (Å²) in [5, 5.41) is 14.1. The van der Waals surface area contributed by atoms with Gasteiger partial charge in [-0.05, 0) is 49.2 Å². The molecule has 26 heavy (non-hydrogen) atoms. The van der Waals surface area contributed by atoms with E-state index in [-0.39, 0.29) is 12.5 Å². The van der Waals surface area contributed by atoms with Gasteiger partial charge in [0.15, 0.2) is 6.10 Å². The van der Waals surface area contributed by atoms with Gasteiger partial charge < -0.3 is 15.4 Å². The van der Waals surface area contributed by atoms with E-state index in [1.54, 1.807) is 31.2 Å². The third-order valence-electron chi connectivity index (χ3n) is 3.76. The number of carbonyl (C=O) groups is 2. The molecule has 1 unspecified atom stereocenters. The Morgan fingerprint density at radius 2 is 1.85 bits per heavy atom. The molecule has 2 aromatic carbocycles. The molecule has 134 valence electrons. The second kappa shape index (κ2) is 9.23. The lowest BCUT2D eigenvalue weighted by Crippen LogP contribution is -2.40. The Morgan fingerprint density at radius 1 is 1.15 bits per heavy atom. The van der Waals surface area contributed by atoms with E-state index in [0.29, 0.717) is 11.3 Å². The van der Waals surface area contributed by atoms with E-state index >= 15 is 0 Å². The van der Waals surface area contributed by atoms with Crippen molar-refractivity contribution < 1.29 is 14.3 Å². The monoisotopic (exact) mass is 351 g/mol. The third-order valence-corrected chi connectivity index (χ3v) is 3.76. The summed E-state index contributed by atoms with van der Waals surface area (Å²) in [4.78, 5) is 24.1. The maximum absolute atomic E-state index is 12.1. The minimum Gasteiger partial charge on any atom is -0.481 e. The molecule has 1 atom stereocenters. The van der Waals surface area contributed by atoms with Crippen LogP contribution in [0, 0.1) is 11.3 Å². The summed E-state index contributed by atoms with van der Waals surface area (Å²) in [6, 6.07) is 16.0. The molecule has 0 aliphatic carbocycles. The van der Waals surface area contributed by atoms with Gasteiger partial charge >= 0.3 is 0 Å². The molecule has 0 aromatic heterocycles. The van der Waals surface area contributed by atoms with Gasteiger partial charge in [-0.25, -0.2) is 0 Å². The van der Waals surface area contributed by atoms with Crippen LogP contribution in [0.15, 0.2) is 48.5 Å². The van der Waals surface area contributed by atoms with E-state index in [4.69, 9.17) is 10.00 Å². The summed E-state index contributed by atoms with van der Waals surface area (Å²) in [6.45, 7) is 3.46. The van der Waals surface area contributed by atoms with Gasteiger partial charge in [-0.3, -0.25) is 9.59 Å². The van der Waals surface area contributed by atoms with Crippen molar-refractivity contribution in [1.82, 2.24) is 5.32 Å². The average Bonchev–Trinajstić information content (AvgIpc) is 2.67. The third kappa shape index (κ3) is 5.35. The van der Waals surface area contributed by atoms with Crippen LogP contribution < -0.4 is 15.4 Å². The molecule has 6 nitrogen and oxygen atoms in total. The Bertz CT molecular complexity index is 810. The molecular formula is C20H21N3O3. The predicted molar refractivity (Wildman–Crippen MR) is 98.7 cm³/mol. The largest absolute Gasteiger partial charge is 0.481 e. The van der Waals surface area contributed by atoms with E-state index in [2.05, 4.69) is 10.6 Å². The SMILES string of the molecule is CCc1ccccc1NC(=O)CNC(=O)C(C)Oc1ccc(C#N)cc1. The van der Waals surface area contributed by atoms with Gasteiger partial charge in [-0.1, -0.05) is 25.1 Å². The number of amides is 2. The van der Waals surface area contributed by atoms with Crippen molar-refractivity contribution in [2.24, 2.45) is 0 Å². The fraction of sp³-hybridized carbons (Fsp3) is 0.250. The number of ether oxygens (including phenoxy) is 1. The second-order valence-corrected chi connectivity index (χ2v) is 5.67. The summed E-state index contributed by atoms with van der Waals surface area (Å²) in [6.07, 6.45) is 0.0387. The molecule has 0 spiro atoms. The van der Waals surface area contributed by atoms with E-state index in [0.717, 1.165) is 17.7 Å². The fourth-order valence-corrected chi connectivity index (χ4v) is 2.32. The maximum Gasteiger partial charge on any atom is 0.261 e. The summed E-state index contributed by atoms with van der Waals surface area (Å²) >= 11 is 0. The number of nitriles is 1. The van der Waals surface area contributed by atoms with E-state index in [1.807, 2.05) is 37.3 Å². The number of carbonyl (C=O) groups excluding carboxylic acids is 2. The molecule has 2 amide bonds. The Hall–Kier alpha value is -3.33. The molecule has 0 saturated carbocycles. The fourth-order valence-electron chi connectivity index (χ4n) is 2.32. The van der Waals surface area contributed by atoms with Crippen LogP contribution in [-0.4, -0.2) is 24.5 Å². The summed E-state index contributed by atoms with van der Waals surface area (Å²) in [7, 11) is 0. The second-order valence-electron chi connectivity index (χ2n) is 5.67. The Kier molecular flexibility index (Phi) is 6.75. The van der Waals surface area contributed by atoms with Gasteiger partial charge in [0.2, 0.25) is 5.91 Å². The average molecular weight is 351 g/mol. The zero-order valence-corrected chi connectivity index (χ0v) is 14.8. The molecule has 0 bridgehead atoms. The Labute approximate surface area is 152 Å². The normalized spacial score (nSPS) is 11.1. The summed E-state index contributed by atoms with van der Waals surface area (Å²) < 4.78 is 5.51.